The molecule has 0 aromatic heterocycles. The van der Waals surface area contributed by atoms with E-state index in [0.717, 1.165) is 22.6 Å². The van der Waals surface area contributed by atoms with E-state index in [1.165, 1.54) is 10.5 Å². The lowest BCUT2D eigenvalue weighted by atomic mass is 10.1. The maximum atomic E-state index is 13.0. The van der Waals surface area contributed by atoms with Crippen LogP contribution in [0, 0.1) is 13.8 Å². The third-order valence-corrected chi connectivity index (χ3v) is 4.81. The largest absolute Gasteiger partial charge is 0.494 e. The zero-order chi connectivity index (χ0) is 20.3. The first-order chi connectivity index (χ1) is 13.4. The lowest BCUT2D eigenvalue weighted by Gasteiger charge is -2.15. The minimum Gasteiger partial charge on any atom is -0.494 e. The highest BCUT2D eigenvalue weighted by molar-refractivity contribution is 7.80. The fraction of sp³-hybridized carbons (Fsp3) is 0.273. The molecule has 0 atom stereocenters. The van der Waals surface area contributed by atoms with Gasteiger partial charge in [-0.15, -0.1) is 0 Å². The summed E-state index contributed by atoms with van der Waals surface area (Å²) in [6.45, 7) is 8.99. The Morgan fingerprint density at radius 3 is 2.46 bits per heavy atom. The van der Waals surface area contributed by atoms with Gasteiger partial charge >= 0.3 is 0 Å². The van der Waals surface area contributed by atoms with Crippen LogP contribution in [-0.2, 0) is 4.79 Å². The van der Waals surface area contributed by atoms with Gasteiger partial charge in [-0.2, -0.15) is 0 Å². The molecule has 1 saturated heterocycles. The molecule has 1 aliphatic heterocycles. The Kier molecular flexibility index (Phi) is 5.99. The van der Waals surface area contributed by atoms with Crippen molar-refractivity contribution in [2.24, 2.45) is 0 Å². The summed E-state index contributed by atoms with van der Waals surface area (Å²) >= 11 is 5.41. The van der Waals surface area contributed by atoms with Crippen molar-refractivity contribution in [3.8, 4) is 11.5 Å². The van der Waals surface area contributed by atoms with Crippen LogP contribution in [0.15, 0.2) is 42.1 Å². The third kappa shape index (κ3) is 4.02. The van der Waals surface area contributed by atoms with E-state index in [-0.39, 0.29) is 5.91 Å². The molecule has 1 N–H and O–H groups in total. The number of thiocarbonyl (C=S) groups is 1. The molecule has 1 heterocycles. The van der Waals surface area contributed by atoms with Crippen LogP contribution >= 0.6 is 12.2 Å². The number of amides is 1. The average molecular weight is 397 g/mol. The number of anilines is 1. The Morgan fingerprint density at radius 1 is 1.04 bits per heavy atom. The maximum absolute atomic E-state index is 13.0. The zero-order valence-electron chi connectivity index (χ0n) is 16.5. The minimum atomic E-state index is -0.190. The lowest BCUT2D eigenvalue weighted by molar-refractivity contribution is -0.113. The first-order valence-corrected chi connectivity index (χ1v) is 9.69. The number of rotatable bonds is 6. The van der Waals surface area contributed by atoms with Gasteiger partial charge in [0.1, 0.15) is 17.2 Å². The van der Waals surface area contributed by atoms with Gasteiger partial charge in [-0.3, -0.25) is 9.69 Å². The molecule has 6 heteroatoms. The summed E-state index contributed by atoms with van der Waals surface area (Å²) in [6.07, 6.45) is 1.76. The van der Waals surface area contributed by atoms with Gasteiger partial charge in [0.05, 0.1) is 18.9 Å². The number of carbonyl (C=O) groups excluding carboxylic acids is 1. The average Bonchev–Trinajstić information content (AvgIpc) is 2.93. The Balaban J connectivity index is 1.94. The highest BCUT2D eigenvalue weighted by atomic mass is 32.1. The van der Waals surface area contributed by atoms with Crippen molar-refractivity contribution in [1.82, 2.24) is 5.32 Å². The monoisotopic (exact) mass is 396 g/mol. The first-order valence-electron chi connectivity index (χ1n) is 9.28. The quantitative estimate of drug-likeness (QED) is 0.581. The summed E-state index contributed by atoms with van der Waals surface area (Å²) in [5, 5.41) is 3.39. The van der Waals surface area contributed by atoms with Crippen LogP contribution in [0.4, 0.5) is 5.69 Å². The predicted octanol–water partition coefficient (Wildman–Crippen LogP) is 4.36. The van der Waals surface area contributed by atoms with Gasteiger partial charge < -0.3 is 14.8 Å². The molecule has 0 radical (unpaired) electrons. The zero-order valence-corrected chi connectivity index (χ0v) is 17.4. The van der Waals surface area contributed by atoms with Gasteiger partial charge in [0, 0.05) is 11.6 Å². The van der Waals surface area contributed by atoms with Crippen molar-refractivity contribution in [1.29, 1.82) is 0 Å². The molecule has 146 valence electrons. The van der Waals surface area contributed by atoms with Crippen LogP contribution in [-0.4, -0.2) is 24.2 Å². The number of carbonyl (C=O) groups is 1. The van der Waals surface area contributed by atoms with E-state index in [9.17, 15) is 4.79 Å². The van der Waals surface area contributed by atoms with Crippen molar-refractivity contribution in [3.63, 3.8) is 0 Å². The second-order valence-corrected chi connectivity index (χ2v) is 6.85. The summed E-state index contributed by atoms with van der Waals surface area (Å²) in [4.78, 5) is 14.5. The number of hydrogen-bond acceptors (Lipinski definition) is 4. The van der Waals surface area contributed by atoms with Crippen molar-refractivity contribution >= 4 is 35.0 Å². The van der Waals surface area contributed by atoms with Gasteiger partial charge in [0.2, 0.25) is 0 Å². The molecule has 1 aliphatic rings. The van der Waals surface area contributed by atoms with E-state index in [1.807, 2.05) is 64.1 Å². The Hall–Kier alpha value is -2.86. The van der Waals surface area contributed by atoms with Crippen LogP contribution in [0.1, 0.15) is 30.5 Å². The van der Waals surface area contributed by atoms with Gasteiger partial charge in [0.25, 0.3) is 5.91 Å². The molecule has 1 fully saturated rings. The van der Waals surface area contributed by atoms with E-state index >= 15 is 0 Å². The molecule has 5 nitrogen and oxygen atoms in total. The van der Waals surface area contributed by atoms with E-state index in [2.05, 4.69) is 5.32 Å². The fourth-order valence-corrected chi connectivity index (χ4v) is 3.26. The van der Waals surface area contributed by atoms with Gasteiger partial charge in [-0.05, 0) is 81.4 Å². The molecule has 0 aliphatic carbocycles. The number of nitrogens with one attached hydrogen (secondary N) is 1. The van der Waals surface area contributed by atoms with E-state index in [4.69, 9.17) is 21.7 Å². The number of ether oxygens (including phenoxy) is 2. The summed E-state index contributed by atoms with van der Waals surface area (Å²) in [7, 11) is 0. The van der Waals surface area contributed by atoms with Crippen LogP contribution in [0.5, 0.6) is 11.5 Å². The second-order valence-electron chi connectivity index (χ2n) is 6.46. The topological polar surface area (TPSA) is 50.8 Å². The molecule has 2 aromatic rings. The van der Waals surface area contributed by atoms with E-state index in [1.54, 1.807) is 6.08 Å². The molecule has 3 rings (SSSR count). The summed E-state index contributed by atoms with van der Waals surface area (Å²) in [5.41, 5.74) is 4.22. The highest BCUT2D eigenvalue weighted by Gasteiger charge is 2.32. The van der Waals surface area contributed by atoms with Crippen LogP contribution < -0.4 is 19.7 Å². The van der Waals surface area contributed by atoms with Crippen LogP contribution in [0.3, 0.4) is 0 Å². The standard InChI is InChI=1S/C22H24N2O3S/c1-5-26-18-10-8-16(20(13-18)27-6-2)12-19-21(25)24(22(28)23-19)17-9-7-14(3)15(4)11-17/h7-13H,5-6H2,1-4H3,(H,23,28). The normalized spacial score (nSPS) is 15.1. The van der Waals surface area contributed by atoms with Crippen molar-refractivity contribution in [2.45, 2.75) is 27.7 Å². The predicted molar refractivity (Wildman–Crippen MR) is 116 cm³/mol. The number of benzene rings is 2. The molecule has 0 spiro atoms. The number of aryl methyl sites for hydroxylation is 2. The molecule has 2 aromatic carbocycles. The number of nitrogens with zero attached hydrogens (tertiary/aromatic N) is 1. The molecule has 0 unspecified atom stereocenters. The summed E-state index contributed by atoms with van der Waals surface area (Å²) in [6, 6.07) is 11.4. The minimum absolute atomic E-state index is 0.190. The van der Waals surface area contributed by atoms with Crippen molar-refractivity contribution < 1.29 is 14.3 Å². The Bertz CT molecular complexity index is 953. The highest BCUT2D eigenvalue weighted by Crippen LogP contribution is 2.29. The second kappa shape index (κ2) is 8.44. The molecule has 0 bridgehead atoms. The van der Waals surface area contributed by atoms with E-state index in [0.29, 0.717) is 29.8 Å². The fourth-order valence-electron chi connectivity index (χ4n) is 2.96. The molecular formula is C22H24N2O3S. The number of hydrogen-bond donors (Lipinski definition) is 1. The SMILES string of the molecule is CCOc1ccc(C=C2NC(=S)N(c3ccc(C)c(C)c3)C2=O)c(OCC)c1. The summed E-state index contributed by atoms with van der Waals surface area (Å²) in [5.74, 6) is 1.20. The van der Waals surface area contributed by atoms with Crippen molar-refractivity contribution in [3.05, 3.63) is 58.8 Å². The van der Waals surface area contributed by atoms with Gasteiger partial charge in [0.15, 0.2) is 5.11 Å². The molecule has 28 heavy (non-hydrogen) atoms. The smallest absolute Gasteiger partial charge is 0.281 e. The first kappa shape index (κ1) is 19.9. The van der Waals surface area contributed by atoms with Crippen molar-refractivity contribution in [2.75, 3.05) is 18.1 Å². The van der Waals surface area contributed by atoms with E-state index < -0.39 is 0 Å². The molecule has 0 saturated carbocycles. The van der Waals surface area contributed by atoms with Crippen LogP contribution in [0.2, 0.25) is 0 Å². The van der Waals surface area contributed by atoms with Gasteiger partial charge in [-0.25, -0.2) is 0 Å². The van der Waals surface area contributed by atoms with Gasteiger partial charge in [-0.1, -0.05) is 6.07 Å². The Labute approximate surface area is 170 Å². The summed E-state index contributed by atoms with van der Waals surface area (Å²) < 4.78 is 11.3. The van der Waals surface area contributed by atoms with Crippen LogP contribution in [0.25, 0.3) is 6.08 Å². The molecular weight excluding hydrogens is 372 g/mol. The lowest BCUT2D eigenvalue weighted by Crippen LogP contribution is -2.30. The maximum Gasteiger partial charge on any atom is 0.281 e. The third-order valence-electron chi connectivity index (χ3n) is 4.52. The Morgan fingerprint density at radius 2 is 1.79 bits per heavy atom. The molecule has 1 amide bonds.